The molecule has 0 spiro atoms. The van der Waals surface area contributed by atoms with Crippen molar-refractivity contribution in [2.24, 2.45) is 0 Å². The summed E-state index contributed by atoms with van der Waals surface area (Å²) in [4.78, 5) is 11.1. The number of thioether (sulfide) groups is 1. The molecule has 1 aromatic heterocycles. The summed E-state index contributed by atoms with van der Waals surface area (Å²) >= 11 is 2.04. The zero-order valence-corrected chi connectivity index (χ0v) is 12.4. The molecule has 0 amide bonds. The van der Waals surface area contributed by atoms with Crippen molar-refractivity contribution in [3.8, 4) is 0 Å². The van der Waals surface area contributed by atoms with E-state index in [1.54, 1.807) is 0 Å². The Balaban J connectivity index is 2.11. The van der Waals surface area contributed by atoms with Crippen LogP contribution in [0.1, 0.15) is 26.1 Å². The second-order valence-electron chi connectivity index (χ2n) is 4.55. The Labute approximate surface area is 118 Å². The van der Waals surface area contributed by atoms with E-state index in [2.05, 4.69) is 21.8 Å². The molecular formula is C13H22N4OS. The van der Waals surface area contributed by atoms with Gasteiger partial charge in [0.1, 0.15) is 18.2 Å². The Morgan fingerprint density at radius 3 is 3.05 bits per heavy atom. The molecule has 2 N–H and O–H groups in total. The van der Waals surface area contributed by atoms with Gasteiger partial charge in [-0.2, -0.15) is 11.8 Å². The maximum atomic E-state index is 5.87. The lowest BCUT2D eigenvalue weighted by Gasteiger charge is -2.32. The van der Waals surface area contributed by atoms with Crippen LogP contribution in [0, 0.1) is 0 Å². The summed E-state index contributed by atoms with van der Waals surface area (Å²) in [7, 11) is 0. The van der Waals surface area contributed by atoms with Crippen molar-refractivity contribution >= 4 is 23.4 Å². The number of ether oxygens (including phenoxy) is 1. The van der Waals surface area contributed by atoms with Crippen LogP contribution in [0.4, 0.5) is 11.6 Å². The number of hydrogen-bond acceptors (Lipinski definition) is 6. The Kier molecular flexibility index (Phi) is 5.27. The van der Waals surface area contributed by atoms with Gasteiger partial charge in [-0.15, -0.1) is 0 Å². The average molecular weight is 282 g/mol. The third kappa shape index (κ3) is 3.98. The molecule has 1 atom stereocenters. The van der Waals surface area contributed by atoms with Crippen LogP contribution in [0.3, 0.4) is 0 Å². The quantitative estimate of drug-likeness (QED) is 0.890. The summed E-state index contributed by atoms with van der Waals surface area (Å²) in [6.07, 6.45) is 1.19. The summed E-state index contributed by atoms with van der Waals surface area (Å²) in [6, 6.07) is 1.86. The first-order chi connectivity index (χ1) is 9.22. The van der Waals surface area contributed by atoms with E-state index >= 15 is 0 Å². The fourth-order valence-electron chi connectivity index (χ4n) is 2.10. The van der Waals surface area contributed by atoms with E-state index in [0.717, 1.165) is 24.7 Å². The molecule has 106 valence electrons. The number of rotatable bonds is 5. The summed E-state index contributed by atoms with van der Waals surface area (Å²) in [5.74, 6) is 3.26. The fourth-order valence-corrected chi connectivity index (χ4v) is 3.28. The highest BCUT2D eigenvalue weighted by molar-refractivity contribution is 8.00. The lowest BCUT2D eigenvalue weighted by molar-refractivity contribution is 0.128. The fraction of sp³-hybridized carbons (Fsp3) is 0.692. The molecular weight excluding hydrogens is 260 g/mol. The van der Waals surface area contributed by atoms with Gasteiger partial charge in [-0.3, -0.25) is 0 Å². The Morgan fingerprint density at radius 1 is 1.47 bits per heavy atom. The van der Waals surface area contributed by atoms with E-state index < -0.39 is 0 Å². The minimum Gasteiger partial charge on any atom is -0.384 e. The number of aromatic nitrogens is 2. The Morgan fingerprint density at radius 2 is 2.32 bits per heavy atom. The topological polar surface area (TPSA) is 64.3 Å². The molecule has 2 heterocycles. The molecule has 19 heavy (non-hydrogen) atoms. The van der Waals surface area contributed by atoms with Gasteiger partial charge in [0.05, 0.1) is 0 Å². The van der Waals surface area contributed by atoms with Gasteiger partial charge in [0.25, 0.3) is 0 Å². The summed E-state index contributed by atoms with van der Waals surface area (Å²) < 4.78 is 5.36. The number of hydrogen-bond donors (Lipinski definition) is 1. The van der Waals surface area contributed by atoms with Crippen molar-refractivity contribution in [2.75, 3.05) is 36.1 Å². The van der Waals surface area contributed by atoms with Crippen LogP contribution in [0.2, 0.25) is 0 Å². The van der Waals surface area contributed by atoms with Gasteiger partial charge >= 0.3 is 0 Å². The van der Waals surface area contributed by atoms with Gasteiger partial charge in [-0.25, -0.2) is 9.97 Å². The molecule has 1 saturated heterocycles. The van der Waals surface area contributed by atoms with Crippen LogP contribution < -0.4 is 10.6 Å². The van der Waals surface area contributed by atoms with E-state index in [1.807, 2.05) is 24.8 Å². The lowest BCUT2D eigenvalue weighted by atomic mass is 10.3. The molecule has 5 nitrogen and oxygen atoms in total. The third-order valence-electron chi connectivity index (χ3n) is 3.13. The minimum absolute atomic E-state index is 0.425. The van der Waals surface area contributed by atoms with E-state index in [0.29, 0.717) is 30.1 Å². The summed E-state index contributed by atoms with van der Waals surface area (Å²) in [5.41, 5.74) is 5.87. The van der Waals surface area contributed by atoms with Crippen LogP contribution in [-0.2, 0) is 11.3 Å². The van der Waals surface area contributed by atoms with Crippen molar-refractivity contribution < 1.29 is 4.74 Å². The Bertz CT molecular complexity index is 416. The molecule has 0 aromatic carbocycles. The van der Waals surface area contributed by atoms with Crippen molar-refractivity contribution in [3.63, 3.8) is 0 Å². The first-order valence-corrected chi connectivity index (χ1v) is 7.85. The molecule has 0 bridgehead atoms. The normalized spacial score (nSPS) is 19.7. The smallest absolute Gasteiger partial charge is 0.158 e. The Hall–Kier alpha value is -1.01. The number of nitrogens with two attached hydrogens (primary N) is 1. The molecule has 1 aliphatic heterocycles. The first kappa shape index (κ1) is 14.4. The van der Waals surface area contributed by atoms with Crippen molar-refractivity contribution in [1.29, 1.82) is 0 Å². The van der Waals surface area contributed by atoms with E-state index in [-0.39, 0.29) is 0 Å². The molecule has 1 aromatic rings. The van der Waals surface area contributed by atoms with E-state index in [9.17, 15) is 0 Å². The predicted molar refractivity (Wildman–Crippen MR) is 80.5 cm³/mol. The van der Waals surface area contributed by atoms with Gasteiger partial charge < -0.3 is 15.4 Å². The monoisotopic (exact) mass is 282 g/mol. The second kappa shape index (κ2) is 6.96. The van der Waals surface area contributed by atoms with Crippen LogP contribution in [0.25, 0.3) is 0 Å². The largest absolute Gasteiger partial charge is 0.384 e. The van der Waals surface area contributed by atoms with Crippen molar-refractivity contribution in [2.45, 2.75) is 32.1 Å². The highest BCUT2D eigenvalue weighted by Crippen LogP contribution is 2.25. The molecule has 1 aliphatic rings. The molecule has 0 aliphatic carbocycles. The SMILES string of the molecule is CCOCc1nc(N)cc(N2CCSC(CC)C2)n1. The molecule has 0 saturated carbocycles. The maximum Gasteiger partial charge on any atom is 0.158 e. The first-order valence-electron chi connectivity index (χ1n) is 6.80. The minimum atomic E-state index is 0.425. The van der Waals surface area contributed by atoms with Crippen LogP contribution >= 0.6 is 11.8 Å². The number of nitrogen functional groups attached to an aromatic ring is 1. The third-order valence-corrected chi connectivity index (χ3v) is 4.50. The molecule has 0 radical (unpaired) electrons. The molecule has 1 fully saturated rings. The zero-order chi connectivity index (χ0) is 13.7. The number of anilines is 2. The second-order valence-corrected chi connectivity index (χ2v) is 5.96. The van der Waals surface area contributed by atoms with Gasteiger partial charge in [0.2, 0.25) is 0 Å². The van der Waals surface area contributed by atoms with Crippen LogP contribution in [-0.4, -0.2) is 40.7 Å². The van der Waals surface area contributed by atoms with Gasteiger partial charge in [0.15, 0.2) is 5.82 Å². The molecule has 2 rings (SSSR count). The highest BCUT2D eigenvalue weighted by Gasteiger charge is 2.20. The number of nitrogens with zero attached hydrogens (tertiary/aromatic N) is 3. The average Bonchev–Trinajstić information content (AvgIpc) is 2.44. The molecule has 1 unspecified atom stereocenters. The molecule has 6 heteroatoms. The van der Waals surface area contributed by atoms with Crippen LogP contribution in [0.5, 0.6) is 0 Å². The lowest BCUT2D eigenvalue weighted by Crippen LogP contribution is -2.38. The van der Waals surface area contributed by atoms with Crippen molar-refractivity contribution in [3.05, 3.63) is 11.9 Å². The van der Waals surface area contributed by atoms with Gasteiger partial charge in [0, 0.05) is 36.8 Å². The van der Waals surface area contributed by atoms with Crippen LogP contribution in [0.15, 0.2) is 6.07 Å². The van der Waals surface area contributed by atoms with Gasteiger partial charge in [-0.05, 0) is 13.3 Å². The van der Waals surface area contributed by atoms with Crippen molar-refractivity contribution in [1.82, 2.24) is 9.97 Å². The highest BCUT2D eigenvalue weighted by atomic mass is 32.2. The van der Waals surface area contributed by atoms with E-state index in [1.165, 1.54) is 6.42 Å². The standard InChI is InChI=1S/C13H22N4OS/c1-3-10-8-17(5-6-19-10)13-7-11(14)15-12(16-13)9-18-4-2/h7,10H,3-6,8-9H2,1-2H3,(H2,14,15,16). The summed E-state index contributed by atoms with van der Waals surface area (Å²) in [6.45, 7) is 7.33. The van der Waals surface area contributed by atoms with E-state index in [4.69, 9.17) is 10.5 Å². The summed E-state index contributed by atoms with van der Waals surface area (Å²) in [5, 5.41) is 0.681. The van der Waals surface area contributed by atoms with Gasteiger partial charge in [-0.1, -0.05) is 6.92 Å². The maximum absolute atomic E-state index is 5.87. The zero-order valence-electron chi connectivity index (χ0n) is 11.6. The predicted octanol–water partition coefficient (Wildman–Crippen LogP) is 1.93.